The minimum atomic E-state index is -0.331. The van der Waals surface area contributed by atoms with Crippen molar-refractivity contribution in [1.29, 1.82) is 0 Å². The number of carbonyl (C=O) groups excluding carboxylic acids is 2. The van der Waals surface area contributed by atoms with Gasteiger partial charge in [0.25, 0.3) is 0 Å². The highest BCUT2D eigenvalue weighted by Crippen LogP contribution is 2.17. The number of nitrogens with zero attached hydrogens (tertiary/aromatic N) is 1. The summed E-state index contributed by atoms with van der Waals surface area (Å²) in [6, 6.07) is 15.8. The van der Waals surface area contributed by atoms with Gasteiger partial charge in [-0.1, -0.05) is 23.4 Å². The fraction of sp³-hybridized carbons (Fsp3) is 0.190. The van der Waals surface area contributed by atoms with E-state index < -0.39 is 0 Å². The zero-order chi connectivity index (χ0) is 19.9. The van der Waals surface area contributed by atoms with Gasteiger partial charge >= 0.3 is 6.03 Å². The van der Waals surface area contributed by atoms with Crippen molar-refractivity contribution < 1.29 is 14.1 Å². The Morgan fingerprint density at radius 1 is 0.857 bits per heavy atom. The topological polar surface area (TPSA) is 96.3 Å². The number of aryl methyl sites for hydroxylation is 2. The molecule has 0 spiro atoms. The van der Waals surface area contributed by atoms with E-state index in [1.807, 2.05) is 32.0 Å². The van der Waals surface area contributed by atoms with Gasteiger partial charge in [0.05, 0.1) is 5.69 Å². The second kappa shape index (κ2) is 8.85. The number of aromatic nitrogens is 1. The maximum absolute atomic E-state index is 12.2. The standard InChI is InChI=1S/C21H22N4O3/c1-14-19(15(2)28-25-14)12-13-20(26)22-17-8-10-18(11-9-17)24-21(27)23-16-6-4-3-5-7-16/h3-11H,12-13H2,1-2H3,(H,22,26)(H2,23,24,27). The number of para-hydroxylation sites is 1. The Morgan fingerprint density at radius 2 is 1.43 bits per heavy atom. The molecule has 0 unspecified atom stereocenters. The second-order valence-electron chi connectivity index (χ2n) is 6.37. The number of amides is 3. The van der Waals surface area contributed by atoms with Gasteiger partial charge in [-0.2, -0.15) is 0 Å². The van der Waals surface area contributed by atoms with Crippen LogP contribution in [0.25, 0.3) is 0 Å². The molecule has 3 amide bonds. The van der Waals surface area contributed by atoms with Gasteiger partial charge in [0.2, 0.25) is 5.91 Å². The Labute approximate surface area is 163 Å². The number of carbonyl (C=O) groups is 2. The molecule has 2 aromatic carbocycles. The Morgan fingerprint density at radius 3 is 2.00 bits per heavy atom. The highest BCUT2D eigenvalue weighted by Gasteiger charge is 2.11. The quantitative estimate of drug-likeness (QED) is 0.588. The first-order valence-corrected chi connectivity index (χ1v) is 8.96. The highest BCUT2D eigenvalue weighted by molar-refractivity contribution is 6.00. The zero-order valence-electron chi connectivity index (χ0n) is 15.8. The summed E-state index contributed by atoms with van der Waals surface area (Å²) in [6.45, 7) is 3.70. The van der Waals surface area contributed by atoms with E-state index in [0.717, 1.165) is 17.0 Å². The van der Waals surface area contributed by atoms with Crippen LogP contribution in [-0.4, -0.2) is 17.1 Å². The molecule has 0 aliphatic carbocycles. The molecular formula is C21H22N4O3. The van der Waals surface area contributed by atoms with Crippen LogP contribution in [0.4, 0.5) is 21.9 Å². The van der Waals surface area contributed by atoms with Gasteiger partial charge in [-0.3, -0.25) is 4.79 Å². The summed E-state index contributed by atoms with van der Waals surface area (Å²) in [5.41, 5.74) is 3.79. The third-order valence-electron chi connectivity index (χ3n) is 4.24. The maximum atomic E-state index is 12.2. The Balaban J connectivity index is 1.48. The van der Waals surface area contributed by atoms with Crippen molar-refractivity contribution in [2.45, 2.75) is 26.7 Å². The number of anilines is 3. The smallest absolute Gasteiger partial charge is 0.323 e. The van der Waals surface area contributed by atoms with Crippen LogP contribution in [0.15, 0.2) is 59.1 Å². The van der Waals surface area contributed by atoms with E-state index in [0.29, 0.717) is 29.9 Å². The molecule has 7 nitrogen and oxygen atoms in total. The molecule has 0 saturated carbocycles. The molecule has 0 fully saturated rings. The Bertz CT molecular complexity index is 930. The average Bonchev–Trinajstić information content (AvgIpc) is 3.00. The fourth-order valence-electron chi connectivity index (χ4n) is 2.77. The number of rotatable bonds is 6. The first kappa shape index (κ1) is 19.2. The Hall–Kier alpha value is -3.61. The first-order chi connectivity index (χ1) is 13.5. The number of nitrogens with one attached hydrogen (secondary N) is 3. The van der Waals surface area contributed by atoms with Crippen LogP contribution < -0.4 is 16.0 Å². The summed E-state index contributed by atoms with van der Waals surface area (Å²) >= 11 is 0. The SMILES string of the molecule is Cc1noc(C)c1CCC(=O)Nc1ccc(NC(=O)Nc2ccccc2)cc1. The van der Waals surface area contributed by atoms with E-state index in [-0.39, 0.29) is 11.9 Å². The van der Waals surface area contributed by atoms with Crippen molar-refractivity contribution in [2.24, 2.45) is 0 Å². The van der Waals surface area contributed by atoms with E-state index in [2.05, 4.69) is 21.1 Å². The van der Waals surface area contributed by atoms with Crippen molar-refractivity contribution in [3.63, 3.8) is 0 Å². The van der Waals surface area contributed by atoms with Gasteiger partial charge in [-0.15, -0.1) is 0 Å². The molecule has 0 aliphatic rings. The molecule has 0 atom stereocenters. The van der Waals surface area contributed by atoms with Crippen LogP contribution in [0, 0.1) is 13.8 Å². The van der Waals surface area contributed by atoms with Crippen LogP contribution >= 0.6 is 0 Å². The van der Waals surface area contributed by atoms with Gasteiger partial charge in [0, 0.05) is 29.0 Å². The molecule has 0 saturated heterocycles. The molecule has 3 N–H and O–H groups in total. The molecule has 144 valence electrons. The summed E-state index contributed by atoms with van der Waals surface area (Å²) in [5.74, 6) is 0.650. The molecule has 0 aliphatic heterocycles. The van der Waals surface area contributed by atoms with Crippen LogP contribution in [-0.2, 0) is 11.2 Å². The summed E-state index contributed by atoms with van der Waals surface area (Å²) < 4.78 is 5.11. The Kier molecular flexibility index (Phi) is 6.06. The van der Waals surface area contributed by atoms with E-state index >= 15 is 0 Å². The second-order valence-corrected chi connectivity index (χ2v) is 6.37. The number of hydrogen-bond donors (Lipinski definition) is 3. The number of hydrogen-bond acceptors (Lipinski definition) is 4. The van der Waals surface area contributed by atoms with Crippen molar-refractivity contribution in [3.8, 4) is 0 Å². The van der Waals surface area contributed by atoms with E-state index in [9.17, 15) is 9.59 Å². The maximum Gasteiger partial charge on any atom is 0.323 e. The van der Waals surface area contributed by atoms with Crippen molar-refractivity contribution >= 4 is 29.0 Å². The van der Waals surface area contributed by atoms with Gasteiger partial charge in [0.1, 0.15) is 5.76 Å². The van der Waals surface area contributed by atoms with Crippen LogP contribution in [0.5, 0.6) is 0 Å². The van der Waals surface area contributed by atoms with Crippen LogP contribution in [0.2, 0.25) is 0 Å². The van der Waals surface area contributed by atoms with Crippen LogP contribution in [0.1, 0.15) is 23.4 Å². The van der Waals surface area contributed by atoms with Gasteiger partial charge in [-0.05, 0) is 56.7 Å². The van der Waals surface area contributed by atoms with Crippen molar-refractivity contribution in [2.75, 3.05) is 16.0 Å². The fourth-order valence-corrected chi connectivity index (χ4v) is 2.77. The van der Waals surface area contributed by atoms with Gasteiger partial charge in [-0.25, -0.2) is 4.79 Å². The normalized spacial score (nSPS) is 10.4. The molecule has 0 bridgehead atoms. The van der Waals surface area contributed by atoms with Crippen LogP contribution in [0.3, 0.4) is 0 Å². The lowest BCUT2D eigenvalue weighted by Gasteiger charge is -2.09. The van der Waals surface area contributed by atoms with Crippen molar-refractivity contribution in [3.05, 3.63) is 71.6 Å². The summed E-state index contributed by atoms with van der Waals surface area (Å²) in [5, 5.41) is 12.2. The minimum Gasteiger partial charge on any atom is -0.361 e. The predicted octanol–water partition coefficient (Wildman–Crippen LogP) is 4.51. The van der Waals surface area contributed by atoms with Gasteiger partial charge < -0.3 is 20.5 Å². The summed E-state index contributed by atoms with van der Waals surface area (Å²) in [7, 11) is 0. The lowest BCUT2D eigenvalue weighted by molar-refractivity contribution is -0.116. The molecule has 3 aromatic rings. The first-order valence-electron chi connectivity index (χ1n) is 8.96. The number of urea groups is 1. The summed E-state index contributed by atoms with van der Waals surface area (Å²) in [4.78, 5) is 24.1. The average molecular weight is 378 g/mol. The molecular weight excluding hydrogens is 356 g/mol. The molecule has 28 heavy (non-hydrogen) atoms. The van der Waals surface area contributed by atoms with E-state index in [4.69, 9.17) is 4.52 Å². The number of benzene rings is 2. The summed E-state index contributed by atoms with van der Waals surface area (Å²) in [6.07, 6.45) is 0.911. The van der Waals surface area contributed by atoms with Crippen molar-refractivity contribution in [1.82, 2.24) is 5.16 Å². The minimum absolute atomic E-state index is 0.0949. The highest BCUT2D eigenvalue weighted by atomic mass is 16.5. The molecule has 0 radical (unpaired) electrons. The third kappa shape index (κ3) is 5.20. The zero-order valence-corrected chi connectivity index (χ0v) is 15.8. The lowest BCUT2D eigenvalue weighted by atomic mass is 10.1. The molecule has 7 heteroatoms. The largest absolute Gasteiger partial charge is 0.361 e. The monoisotopic (exact) mass is 378 g/mol. The third-order valence-corrected chi connectivity index (χ3v) is 4.24. The van der Waals surface area contributed by atoms with E-state index in [1.165, 1.54) is 0 Å². The predicted molar refractivity (Wildman–Crippen MR) is 108 cm³/mol. The van der Waals surface area contributed by atoms with Gasteiger partial charge in [0.15, 0.2) is 0 Å². The van der Waals surface area contributed by atoms with E-state index in [1.54, 1.807) is 36.4 Å². The molecule has 3 rings (SSSR count). The lowest BCUT2D eigenvalue weighted by Crippen LogP contribution is -2.19. The molecule has 1 aromatic heterocycles. The molecule has 1 heterocycles.